The van der Waals surface area contributed by atoms with Crippen LogP contribution in [0.2, 0.25) is 0 Å². The van der Waals surface area contributed by atoms with Crippen molar-refractivity contribution in [2.45, 2.75) is 50.2 Å². The fourth-order valence-corrected chi connectivity index (χ4v) is 4.30. The van der Waals surface area contributed by atoms with Crippen molar-refractivity contribution >= 4 is 21.3 Å². The molecule has 1 aliphatic rings. The van der Waals surface area contributed by atoms with Crippen molar-refractivity contribution in [3.63, 3.8) is 0 Å². The Morgan fingerprint density at radius 1 is 1.29 bits per heavy atom. The molecule has 1 aliphatic carbocycles. The van der Waals surface area contributed by atoms with E-state index in [1.54, 1.807) is 24.4 Å². The zero-order valence-electron chi connectivity index (χ0n) is 14.1. The molecule has 7 heteroatoms. The fraction of sp³-hybridized carbons (Fsp3) is 0.529. The number of fused-ring (bicyclic) bond motifs is 1. The Balaban J connectivity index is 2.06. The Bertz CT molecular complexity index is 851. The van der Waals surface area contributed by atoms with Gasteiger partial charge in [0.05, 0.1) is 5.52 Å². The molecule has 2 aromatic rings. The Labute approximate surface area is 142 Å². The third-order valence-electron chi connectivity index (χ3n) is 4.67. The van der Waals surface area contributed by atoms with Crippen molar-refractivity contribution < 1.29 is 13.2 Å². The number of hydrogen-bond donors (Lipinski definition) is 0. The minimum Gasteiger partial charge on any atom is -0.335 e. The van der Waals surface area contributed by atoms with E-state index in [9.17, 15) is 13.2 Å². The molecule has 2 heterocycles. The predicted molar refractivity (Wildman–Crippen MR) is 91.9 cm³/mol. The van der Waals surface area contributed by atoms with Crippen LogP contribution in [0.4, 0.5) is 0 Å². The summed E-state index contributed by atoms with van der Waals surface area (Å²) in [4.78, 5) is 19.1. The van der Waals surface area contributed by atoms with E-state index in [2.05, 4.69) is 4.98 Å². The van der Waals surface area contributed by atoms with E-state index in [4.69, 9.17) is 0 Å². The summed E-state index contributed by atoms with van der Waals surface area (Å²) in [6.45, 7) is 2.56. The number of imidazole rings is 1. The van der Waals surface area contributed by atoms with E-state index < -0.39 is 9.84 Å². The van der Waals surface area contributed by atoms with Gasteiger partial charge in [-0.05, 0) is 31.9 Å². The SMILES string of the molecule is CCN(C(=O)c1nc(S(C)(=O)=O)n2ccccc12)C1CCCCC1. The minimum atomic E-state index is -3.52. The van der Waals surface area contributed by atoms with Gasteiger partial charge in [0.25, 0.3) is 5.91 Å². The van der Waals surface area contributed by atoms with Crippen molar-refractivity contribution in [3.05, 3.63) is 30.1 Å². The van der Waals surface area contributed by atoms with Crippen LogP contribution >= 0.6 is 0 Å². The standard InChI is InChI=1S/C17H23N3O3S/c1-3-19(13-9-5-4-6-10-13)16(21)15-14-11-7-8-12-20(14)17(18-15)24(2,22)23/h7-8,11-13H,3-6,9-10H2,1-2H3. The summed E-state index contributed by atoms with van der Waals surface area (Å²) >= 11 is 0. The van der Waals surface area contributed by atoms with Crippen LogP contribution in [0.1, 0.15) is 49.5 Å². The predicted octanol–water partition coefficient (Wildman–Crippen LogP) is 2.53. The Kier molecular flexibility index (Phi) is 4.62. The molecule has 1 amide bonds. The van der Waals surface area contributed by atoms with Crippen LogP contribution in [0, 0.1) is 0 Å². The van der Waals surface area contributed by atoms with Crippen molar-refractivity contribution in [2.75, 3.05) is 12.8 Å². The fourth-order valence-electron chi connectivity index (χ4n) is 3.52. The smallest absolute Gasteiger partial charge is 0.274 e. The van der Waals surface area contributed by atoms with Crippen molar-refractivity contribution in [1.82, 2.24) is 14.3 Å². The zero-order chi connectivity index (χ0) is 17.3. The summed E-state index contributed by atoms with van der Waals surface area (Å²) in [6, 6.07) is 5.48. The number of hydrogen-bond acceptors (Lipinski definition) is 4. The largest absolute Gasteiger partial charge is 0.335 e. The number of rotatable bonds is 4. The molecule has 0 saturated heterocycles. The van der Waals surface area contributed by atoms with E-state index >= 15 is 0 Å². The van der Waals surface area contributed by atoms with Crippen molar-refractivity contribution in [2.24, 2.45) is 0 Å². The van der Waals surface area contributed by atoms with Crippen molar-refractivity contribution in [1.29, 1.82) is 0 Å². The molecule has 0 N–H and O–H groups in total. The normalized spacial score (nSPS) is 16.4. The molecule has 1 saturated carbocycles. The van der Waals surface area contributed by atoms with Gasteiger partial charge in [0, 0.05) is 25.0 Å². The Hall–Kier alpha value is -1.89. The van der Waals surface area contributed by atoms with Gasteiger partial charge in [0.1, 0.15) is 0 Å². The lowest BCUT2D eigenvalue weighted by atomic mass is 9.94. The molecular formula is C17H23N3O3S. The molecule has 0 radical (unpaired) electrons. The number of aromatic nitrogens is 2. The Morgan fingerprint density at radius 2 is 2.00 bits per heavy atom. The second-order valence-corrected chi connectivity index (χ2v) is 8.26. The van der Waals surface area contributed by atoms with Crippen molar-refractivity contribution in [3.8, 4) is 0 Å². The second-order valence-electron chi connectivity index (χ2n) is 6.35. The van der Waals surface area contributed by atoms with Crippen LogP contribution in [0.3, 0.4) is 0 Å². The maximum Gasteiger partial charge on any atom is 0.274 e. The first-order valence-corrected chi connectivity index (χ1v) is 10.3. The molecular weight excluding hydrogens is 326 g/mol. The highest BCUT2D eigenvalue weighted by atomic mass is 32.2. The number of carbonyl (C=O) groups excluding carboxylic acids is 1. The lowest BCUT2D eigenvalue weighted by Crippen LogP contribution is -2.41. The average Bonchev–Trinajstić information content (AvgIpc) is 2.96. The maximum absolute atomic E-state index is 13.1. The van der Waals surface area contributed by atoms with Crippen LogP contribution in [0.25, 0.3) is 5.52 Å². The molecule has 3 rings (SSSR count). The highest BCUT2D eigenvalue weighted by molar-refractivity contribution is 7.90. The van der Waals surface area contributed by atoms with Crippen LogP contribution in [-0.2, 0) is 9.84 Å². The molecule has 24 heavy (non-hydrogen) atoms. The maximum atomic E-state index is 13.1. The topological polar surface area (TPSA) is 71.8 Å². The molecule has 0 spiro atoms. The van der Waals surface area contributed by atoms with E-state index in [-0.39, 0.29) is 22.8 Å². The van der Waals surface area contributed by atoms with E-state index in [1.807, 2.05) is 11.8 Å². The number of pyridine rings is 1. The van der Waals surface area contributed by atoms with Gasteiger partial charge in [-0.3, -0.25) is 9.20 Å². The summed E-state index contributed by atoms with van der Waals surface area (Å²) in [6.07, 6.45) is 8.23. The molecule has 0 aliphatic heterocycles. The van der Waals surface area contributed by atoms with Gasteiger partial charge in [-0.25, -0.2) is 13.4 Å². The van der Waals surface area contributed by atoms with Gasteiger partial charge in [-0.15, -0.1) is 0 Å². The highest BCUT2D eigenvalue weighted by Crippen LogP contribution is 2.25. The monoisotopic (exact) mass is 349 g/mol. The van der Waals surface area contributed by atoms with Crippen LogP contribution < -0.4 is 0 Å². The lowest BCUT2D eigenvalue weighted by Gasteiger charge is -2.33. The number of nitrogens with zero attached hydrogens (tertiary/aromatic N) is 3. The highest BCUT2D eigenvalue weighted by Gasteiger charge is 2.29. The van der Waals surface area contributed by atoms with Gasteiger partial charge in [0.2, 0.25) is 15.0 Å². The van der Waals surface area contributed by atoms with Gasteiger partial charge in [-0.2, -0.15) is 0 Å². The van der Waals surface area contributed by atoms with Crippen LogP contribution in [0.5, 0.6) is 0 Å². The number of amides is 1. The first kappa shape index (κ1) is 17.0. The first-order valence-electron chi connectivity index (χ1n) is 8.41. The van der Waals surface area contributed by atoms with E-state index in [1.165, 1.54) is 10.8 Å². The summed E-state index contributed by atoms with van der Waals surface area (Å²) < 4.78 is 25.5. The third kappa shape index (κ3) is 3.05. The molecule has 6 nitrogen and oxygen atoms in total. The van der Waals surface area contributed by atoms with E-state index in [0.29, 0.717) is 12.1 Å². The third-order valence-corrected chi connectivity index (χ3v) is 5.62. The van der Waals surface area contributed by atoms with Gasteiger partial charge < -0.3 is 4.90 Å². The summed E-state index contributed by atoms with van der Waals surface area (Å²) in [5.74, 6) is -0.178. The molecule has 0 unspecified atom stereocenters. The first-order chi connectivity index (χ1) is 11.4. The minimum absolute atomic E-state index is 0.0823. The summed E-state index contributed by atoms with van der Waals surface area (Å²) in [5.41, 5.74) is 0.764. The van der Waals surface area contributed by atoms with E-state index in [0.717, 1.165) is 31.9 Å². The zero-order valence-corrected chi connectivity index (χ0v) is 14.9. The number of carbonyl (C=O) groups is 1. The van der Waals surface area contributed by atoms with Crippen LogP contribution in [0.15, 0.2) is 29.6 Å². The quantitative estimate of drug-likeness (QED) is 0.850. The van der Waals surface area contributed by atoms with Gasteiger partial charge in [0.15, 0.2) is 5.69 Å². The average molecular weight is 349 g/mol. The number of sulfone groups is 1. The molecule has 130 valence electrons. The summed E-state index contributed by atoms with van der Waals surface area (Å²) in [5, 5.41) is -0.0823. The Morgan fingerprint density at radius 3 is 2.62 bits per heavy atom. The molecule has 0 atom stereocenters. The molecule has 2 aromatic heterocycles. The van der Waals surface area contributed by atoms with Crippen LogP contribution in [-0.4, -0.2) is 47.5 Å². The molecule has 0 aromatic carbocycles. The lowest BCUT2D eigenvalue weighted by molar-refractivity contribution is 0.0644. The molecule has 1 fully saturated rings. The second kappa shape index (κ2) is 6.55. The summed E-state index contributed by atoms with van der Waals surface area (Å²) in [7, 11) is -3.52. The van der Waals surface area contributed by atoms with Gasteiger partial charge in [-0.1, -0.05) is 25.3 Å². The molecule has 0 bridgehead atoms. The van der Waals surface area contributed by atoms with Gasteiger partial charge >= 0.3 is 0 Å².